The van der Waals surface area contributed by atoms with Crippen molar-refractivity contribution < 1.29 is 19.0 Å². The first-order chi connectivity index (χ1) is 9.54. The van der Waals surface area contributed by atoms with Crippen molar-refractivity contribution in [3.8, 4) is 0 Å². The highest BCUT2D eigenvalue weighted by atomic mass is 35.5. The summed E-state index contributed by atoms with van der Waals surface area (Å²) in [6.07, 6.45) is 2.16. The smallest absolute Gasteiger partial charge is 0.312 e. The van der Waals surface area contributed by atoms with Gasteiger partial charge in [-0.3, -0.25) is 4.79 Å². The lowest BCUT2D eigenvalue weighted by Gasteiger charge is -2.30. The van der Waals surface area contributed by atoms with Gasteiger partial charge in [0.2, 0.25) is 0 Å². The molecule has 0 spiro atoms. The van der Waals surface area contributed by atoms with E-state index in [1.54, 1.807) is 6.07 Å². The van der Waals surface area contributed by atoms with Gasteiger partial charge in [0.15, 0.2) is 0 Å². The molecule has 5 heteroatoms. The van der Waals surface area contributed by atoms with Crippen LogP contribution in [0.1, 0.15) is 24.8 Å². The first-order valence-electron chi connectivity index (χ1n) is 6.82. The van der Waals surface area contributed by atoms with E-state index in [0.717, 1.165) is 12.8 Å². The highest BCUT2D eigenvalue weighted by Crippen LogP contribution is 2.50. The average molecular weight is 299 g/mol. The second-order valence-corrected chi connectivity index (χ2v) is 6.12. The van der Waals surface area contributed by atoms with Gasteiger partial charge in [-0.2, -0.15) is 0 Å². The second kappa shape index (κ2) is 5.01. The maximum absolute atomic E-state index is 14.0. The molecule has 0 bridgehead atoms. The summed E-state index contributed by atoms with van der Waals surface area (Å²) >= 11 is 6.04. The summed E-state index contributed by atoms with van der Waals surface area (Å²) in [6, 6.07) is 4.44. The van der Waals surface area contributed by atoms with Crippen LogP contribution in [-0.2, 0) is 16.0 Å². The Kier molecular flexibility index (Phi) is 3.46. The molecule has 20 heavy (non-hydrogen) atoms. The number of carboxylic acid groups (broad SMARTS) is 1. The first-order valence-corrected chi connectivity index (χ1v) is 7.20. The largest absolute Gasteiger partial charge is 0.481 e. The van der Waals surface area contributed by atoms with Crippen molar-refractivity contribution >= 4 is 17.6 Å². The van der Waals surface area contributed by atoms with E-state index in [-0.39, 0.29) is 23.1 Å². The number of rotatable bonds is 4. The summed E-state index contributed by atoms with van der Waals surface area (Å²) in [5, 5.41) is 9.99. The van der Waals surface area contributed by atoms with Crippen LogP contribution in [0.15, 0.2) is 18.2 Å². The van der Waals surface area contributed by atoms with Gasteiger partial charge < -0.3 is 9.84 Å². The van der Waals surface area contributed by atoms with Crippen molar-refractivity contribution in [3.63, 3.8) is 0 Å². The van der Waals surface area contributed by atoms with E-state index in [2.05, 4.69) is 0 Å². The predicted octanol–water partition coefficient (Wildman–Crippen LogP) is 3.29. The fraction of sp³-hybridized carbons (Fsp3) is 0.533. The maximum Gasteiger partial charge on any atom is 0.312 e. The van der Waals surface area contributed by atoms with Crippen LogP contribution < -0.4 is 0 Å². The highest BCUT2D eigenvalue weighted by molar-refractivity contribution is 6.31. The van der Waals surface area contributed by atoms with Crippen LogP contribution in [0.5, 0.6) is 0 Å². The lowest BCUT2D eigenvalue weighted by Crippen LogP contribution is -2.42. The van der Waals surface area contributed by atoms with Gasteiger partial charge in [-0.15, -0.1) is 0 Å². The summed E-state index contributed by atoms with van der Waals surface area (Å²) in [5.74, 6) is -1.06. The van der Waals surface area contributed by atoms with E-state index < -0.39 is 17.2 Å². The standard InChI is InChI=1S/C15H16ClFO3/c16-11-2-1-3-12(17)10(11)8-15(14(18)19)6-7-20-13(15)9-4-5-9/h1-3,9,13H,4-8H2,(H,18,19). The lowest BCUT2D eigenvalue weighted by atomic mass is 9.74. The summed E-state index contributed by atoms with van der Waals surface area (Å²) in [7, 11) is 0. The third-order valence-corrected chi connectivity index (χ3v) is 4.77. The number of hydrogen-bond acceptors (Lipinski definition) is 2. The quantitative estimate of drug-likeness (QED) is 0.928. The minimum absolute atomic E-state index is 0.0923. The molecule has 2 unspecified atom stereocenters. The zero-order chi connectivity index (χ0) is 14.3. The molecule has 1 aliphatic carbocycles. The van der Waals surface area contributed by atoms with E-state index in [4.69, 9.17) is 16.3 Å². The van der Waals surface area contributed by atoms with Gasteiger partial charge >= 0.3 is 5.97 Å². The minimum Gasteiger partial charge on any atom is -0.481 e. The monoisotopic (exact) mass is 298 g/mol. The Balaban J connectivity index is 1.97. The molecule has 1 aromatic rings. The summed E-state index contributed by atoms with van der Waals surface area (Å²) in [6.45, 7) is 0.416. The number of benzene rings is 1. The Morgan fingerprint density at radius 3 is 2.85 bits per heavy atom. The molecule has 0 aromatic heterocycles. The van der Waals surface area contributed by atoms with E-state index in [9.17, 15) is 14.3 Å². The Hall–Kier alpha value is -1.13. The van der Waals surface area contributed by atoms with Crippen LogP contribution in [-0.4, -0.2) is 23.8 Å². The average Bonchev–Trinajstić information content (AvgIpc) is 3.15. The molecule has 1 saturated heterocycles. The Labute approximate surface area is 121 Å². The fourth-order valence-electron chi connectivity index (χ4n) is 3.17. The molecule has 2 atom stereocenters. The molecular weight excluding hydrogens is 283 g/mol. The molecule has 108 valence electrons. The lowest BCUT2D eigenvalue weighted by molar-refractivity contribution is -0.153. The zero-order valence-electron chi connectivity index (χ0n) is 10.9. The van der Waals surface area contributed by atoms with Crippen LogP contribution >= 0.6 is 11.6 Å². The molecule has 2 fully saturated rings. The minimum atomic E-state index is -1.05. The van der Waals surface area contributed by atoms with Crippen molar-refractivity contribution in [3.05, 3.63) is 34.6 Å². The Morgan fingerprint density at radius 2 is 2.25 bits per heavy atom. The van der Waals surface area contributed by atoms with Crippen LogP contribution in [0.4, 0.5) is 4.39 Å². The van der Waals surface area contributed by atoms with Crippen molar-refractivity contribution in [2.45, 2.75) is 31.8 Å². The highest BCUT2D eigenvalue weighted by Gasteiger charge is 2.56. The van der Waals surface area contributed by atoms with E-state index in [1.165, 1.54) is 12.1 Å². The van der Waals surface area contributed by atoms with Gasteiger partial charge in [0, 0.05) is 17.2 Å². The van der Waals surface area contributed by atoms with E-state index in [0.29, 0.717) is 18.9 Å². The summed E-state index contributed by atoms with van der Waals surface area (Å²) in [5.41, 5.74) is -0.764. The third kappa shape index (κ3) is 2.21. The normalized spacial score (nSPS) is 29.6. The number of hydrogen-bond donors (Lipinski definition) is 1. The van der Waals surface area contributed by atoms with Gasteiger partial charge in [-0.1, -0.05) is 17.7 Å². The number of aliphatic carboxylic acids is 1. The van der Waals surface area contributed by atoms with Crippen LogP contribution in [0.3, 0.4) is 0 Å². The molecule has 3 rings (SSSR count). The molecule has 1 saturated carbocycles. The molecule has 1 heterocycles. The number of carboxylic acids is 1. The summed E-state index contributed by atoms with van der Waals surface area (Å²) in [4.78, 5) is 11.8. The number of ether oxygens (including phenoxy) is 1. The van der Waals surface area contributed by atoms with E-state index in [1.807, 2.05) is 0 Å². The SMILES string of the molecule is O=C(O)C1(Cc2c(F)cccc2Cl)CCOC1C1CC1. The molecule has 0 radical (unpaired) electrons. The molecular formula is C15H16ClFO3. The maximum atomic E-state index is 14.0. The van der Waals surface area contributed by atoms with Gasteiger partial charge in [-0.05, 0) is 43.7 Å². The van der Waals surface area contributed by atoms with Gasteiger partial charge in [-0.25, -0.2) is 4.39 Å². The van der Waals surface area contributed by atoms with Gasteiger partial charge in [0.1, 0.15) is 11.2 Å². The van der Waals surface area contributed by atoms with Gasteiger partial charge in [0.25, 0.3) is 0 Å². The third-order valence-electron chi connectivity index (χ3n) is 4.42. The van der Waals surface area contributed by atoms with Crippen LogP contribution in [0.2, 0.25) is 5.02 Å². The Bertz CT molecular complexity index is 524. The summed E-state index contributed by atoms with van der Waals surface area (Å²) < 4.78 is 19.6. The van der Waals surface area contributed by atoms with Crippen LogP contribution in [0, 0.1) is 17.2 Å². The van der Waals surface area contributed by atoms with Crippen molar-refractivity contribution in [2.24, 2.45) is 11.3 Å². The topological polar surface area (TPSA) is 46.5 Å². The predicted molar refractivity (Wildman–Crippen MR) is 72.3 cm³/mol. The molecule has 2 aliphatic rings. The zero-order valence-corrected chi connectivity index (χ0v) is 11.7. The Morgan fingerprint density at radius 1 is 1.50 bits per heavy atom. The molecule has 1 N–H and O–H groups in total. The molecule has 0 amide bonds. The van der Waals surface area contributed by atoms with Crippen molar-refractivity contribution in [1.29, 1.82) is 0 Å². The molecule has 1 aromatic carbocycles. The number of halogens is 2. The van der Waals surface area contributed by atoms with Crippen LogP contribution in [0.25, 0.3) is 0 Å². The fourth-order valence-corrected chi connectivity index (χ4v) is 3.40. The second-order valence-electron chi connectivity index (χ2n) is 5.72. The molecule has 1 aliphatic heterocycles. The van der Waals surface area contributed by atoms with Crippen molar-refractivity contribution in [1.82, 2.24) is 0 Å². The van der Waals surface area contributed by atoms with E-state index >= 15 is 0 Å². The van der Waals surface area contributed by atoms with Gasteiger partial charge in [0.05, 0.1) is 6.10 Å². The molecule has 3 nitrogen and oxygen atoms in total. The first kappa shape index (κ1) is 13.8. The number of carbonyl (C=O) groups is 1. The van der Waals surface area contributed by atoms with Crippen molar-refractivity contribution in [2.75, 3.05) is 6.61 Å².